The van der Waals surface area contributed by atoms with Gasteiger partial charge in [-0.3, -0.25) is 14.5 Å². The van der Waals surface area contributed by atoms with Crippen molar-refractivity contribution >= 4 is 34.8 Å². The molecule has 2 amide bonds. The molecular weight excluding hydrogens is 378 g/mol. The highest BCUT2D eigenvalue weighted by Gasteiger charge is 2.21. The third-order valence-electron chi connectivity index (χ3n) is 4.73. The SMILES string of the molecule is COc1ccc(Cl)cc1NC(=O)[C@H](C)N(C)CC(=O)Nc1cccc(C)c1C. The molecule has 0 aromatic heterocycles. The van der Waals surface area contributed by atoms with Crippen LogP contribution in [0.5, 0.6) is 5.75 Å². The zero-order valence-electron chi connectivity index (χ0n) is 16.8. The number of benzene rings is 2. The van der Waals surface area contributed by atoms with Crippen molar-refractivity contribution in [3.05, 3.63) is 52.5 Å². The van der Waals surface area contributed by atoms with Crippen LogP contribution in [0.1, 0.15) is 18.1 Å². The number of rotatable bonds is 7. The minimum absolute atomic E-state index is 0.0780. The summed E-state index contributed by atoms with van der Waals surface area (Å²) in [4.78, 5) is 26.7. The van der Waals surface area contributed by atoms with Crippen molar-refractivity contribution < 1.29 is 14.3 Å². The Balaban J connectivity index is 1.98. The van der Waals surface area contributed by atoms with Crippen LogP contribution in [0.2, 0.25) is 5.02 Å². The molecule has 0 saturated carbocycles. The number of nitrogens with one attached hydrogen (secondary N) is 2. The quantitative estimate of drug-likeness (QED) is 0.736. The zero-order chi connectivity index (χ0) is 20.8. The highest BCUT2D eigenvalue weighted by atomic mass is 35.5. The second kappa shape index (κ2) is 9.57. The van der Waals surface area contributed by atoms with Crippen molar-refractivity contribution in [2.24, 2.45) is 0 Å². The Morgan fingerprint density at radius 3 is 2.54 bits per heavy atom. The van der Waals surface area contributed by atoms with Crippen molar-refractivity contribution in [1.82, 2.24) is 4.90 Å². The van der Waals surface area contributed by atoms with Gasteiger partial charge in [-0.25, -0.2) is 0 Å². The van der Waals surface area contributed by atoms with Gasteiger partial charge in [0.05, 0.1) is 25.4 Å². The molecule has 28 heavy (non-hydrogen) atoms. The summed E-state index contributed by atoms with van der Waals surface area (Å²) in [5.74, 6) is 0.0686. The van der Waals surface area contributed by atoms with Crippen LogP contribution >= 0.6 is 11.6 Å². The molecule has 0 aliphatic heterocycles. The van der Waals surface area contributed by atoms with Crippen LogP contribution in [0.3, 0.4) is 0 Å². The molecule has 7 heteroatoms. The highest BCUT2D eigenvalue weighted by Crippen LogP contribution is 2.28. The molecule has 0 radical (unpaired) electrons. The Morgan fingerprint density at radius 2 is 1.86 bits per heavy atom. The van der Waals surface area contributed by atoms with Gasteiger partial charge in [-0.2, -0.15) is 0 Å². The van der Waals surface area contributed by atoms with Crippen LogP contribution in [-0.4, -0.2) is 43.5 Å². The first-order chi connectivity index (χ1) is 13.2. The summed E-state index contributed by atoms with van der Waals surface area (Å²) >= 11 is 6.00. The van der Waals surface area contributed by atoms with Crippen LogP contribution in [0.15, 0.2) is 36.4 Å². The topological polar surface area (TPSA) is 70.7 Å². The van der Waals surface area contributed by atoms with Crippen LogP contribution in [0, 0.1) is 13.8 Å². The molecule has 2 rings (SSSR count). The van der Waals surface area contributed by atoms with E-state index in [1.165, 1.54) is 7.11 Å². The Bertz CT molecular complexity index is 870. The molecule has 0 fully saturated rings. The lowest BCUT2D eigenvalue weighted by Gasteiger charge is -2.24. The van der Waals surface area contributed by atoms with Crippen LogP contribution in [0.25, 0.3) is 0 Å². The Hall–Kier alpha value is -2.57. The van der Waals surface area contributed by atoms with Crippen molar-refractivity contribution in [1.29, 1.82) is 0 Å². The fraction of sp³-hybridized carbons (Fsp3) is 0.333. The Labute approximate surface area is 170 Å². The fourth-order valence-electron chi connectivity index (χ4n) is 2.65. The third kappa shape index (κ3) is 5.47. The van der Waals surface area contributed by atoms with E-state index < -0.39 is 6.04 Å². The van der Waals surface area contributed by atoms with E-state index in [4.69, 9.17) is 16.3 Å². The number of likely N-dealkylation sites (N-methyl/N-ethyl adjacent to an activating group) is 1. The lowest BCUT2D eigenvalue weighted by Crippen LogP contribution is -2.43. The minimum atomic E-state index is -0.534. The van der Waals surface area contributed by atoms with Gasteiger partial charge in [-0.1, -0.05) is 23.7 Å². The van der Waals surface area contributed by atoms with E-state index in [-0.39, 0.29) is 18.4 Å². The van der Waals surface area contributed by atoms with Gasteiger partial charge in [0.1, 0.15) is 5.75 Å². The second-order valence-corrected chi connectivity index (χ2v) is 7.16. The summed E-state index contributed by atoms with van der Waals surface area (Å²) < 4.78 is 5.24. The first kappa shape index (κ1) is 21.7. The molecule has 0 unspecified atom stereocenters. The Kier molecular flexibility index (Phi) is 7.43. The van der Waals surface area contributed by atoms with E-state index in [9.17, 15) is 9.59 Å². The molecule has 0 aliphatic rings. The number of carbonyl (C=O) groups is 2. The normalized spacial score (nSPS) is 11.8. The van der Waals surface area contributed by atoms with Gasteiger partial charge in [-0.05, 0) is 63.2 Å². The predicted octanol–water partition coefficient (Wildman–Crippen LogP) is 3.86. The average molecular weight is 404 g/mol. The maximum Gasteiger partial charge on any atom is 0.241 e. The van der Waals surface area contributed by atoms with Gasteiger partial charge in [0.15, 0.2) is 0 Å². The number of methoxy groups -OCH3 is 1. The highest BCUT2D eigenvalue weighted by molar-refractivity contribution is 6.31. The number of hydrogen-bond donors (Lipinski definition) is 2. The monoisotopic (exact) mass is 403 g/mol. The largest absolute Gasteiger partial charge is 0.495 e. The van der Waals surface area contributed by atoms with E-state index in [1.807, 2.05) is 32.0 Å². The first-order valence-electron chi connectivity index (χ1n) is 8.93. The summed E-state index contributed by atoms with van der Waals surface area (Å²) in [5, 5.41) is 6.19. The van der Waals surface area contributed by atoms with Gasteiger partial charge >= 0.3 is 0 Å². The molecule has 0 spiro atoms. The molecule has 1 atom stereocenters. The van der Waals surface area contributed by atoms with Gasteiger partial charge in [0.25, 0.3) is 0 Å². The van der Waals surface area contributed by atoms with Gasteiger partial charge in [-0.15, -0.1) is 0 Å². The molecule has 2 aromatic rings. The number of carbonyl (C=O) groups excluding carboxylic acids is 2. The number of anilines is 2. The summed E-state index contributed by atoms with van der Waals surface area (Å²) in [7, 11) is 3.24. The maximum atomic E-state index is 12.6. The molecule has 0 bridgehead atoms. The second-order valence-electron chi connectivity index (χ2n) is 6.72. The van der Waals surface area contributed by atoms with E-state index in [1.54, 1.807) is 37.1 Å². The number of nitrogens with zero attached hydrogens (tertiary/aromatic N) is 1. The standard InChI is InChI=1S/C21H26ClN3O3/c1-13-7-6-8-17(14(13)2)23-20(26)12-25(4)15(3)21(27)24-18-11-16(22)9-10-19(18)28-5/h6-11,15H,12H2,1-5H3,(H,23,26)(H,24,27)/t15-/m0/s1. The molecule has 0 aliphatic carbocycles. The molecule has 6 nitrogen and oxygen atoms in total. The minimum Gasteiger partial charge on any atom is -0.495 e. The van der Waals surface area contributed by atoms with Crippen LogP contribution in [0.4, 0.5) is 11.4 Å². The van der Waals surface area contributed by atoms with Crippen molar-refractivity contribution in [2.75, 3.05) is 31.3 Å². The van der Waals surface area contributed by atoms with Crippen molar-refractivity contribution in [3.8, 4) is 5.75 Å². The van der Waals surface area contributed by atoms with Crippen molar-refractivity contribution in [2.45, 2.75) is 26.8 Å². The fourth-order valence-corrected chi connectivity index (χ4v) is 2.83. The van der Waals surface area contributed by atoms with Crippen LogP contribution < -0.4 is 15.4 Å². The summed E-state index contributed by atoms with van der Waals surface area (Å²) in [5.41, 5.74) is 3.39. The van der Waals surface area contributed by atoms with E-state index in [2.05, 4.69) is 10.6 Å². The average Bonchev–Trinajstić information content (AvgIpc) is 2.65. The molecular formula is C21H26ClN3O3. The van der Waals surface area contributed by atoms with Gasteiger partial charge < -0.3 is 15.4 Å². The summed E-state index contributed by atoms with van der Waals surface area (Å²) in [6.45, 7) is 5.77. The lowest BCUT2D eigenvalue weighted by atomic mass is 10.1. The number of ether oxygens (including phenoxy) is 1. The lowest BCUT2D eigenvalue weighted by molar-refractivity contribution is -0.122. The number of halogens is 1. The van der Waals surface area contributed by atoms with E-state index >= 15 is 0 Å². The van der Waals surface area contributed by atoms with Crippen molar-refractivity contribution in [3.63, 3.8) is 0 Å². The van der Waals surface area contributed by atoms with Gasteiger partial charge in [0.2, 0.25) is 11.8 Å². The predicted molar refractivity (Wildman–Crippen MR) is 113 cm³/mol. The first-order valence-corrected chi connectivity index (χ1v) is 9.31. The Morgan fingerprint density at radius 1 is 1.14 bits per heavy atom. The van der Waals surface area contributed by atoms with E-state index in [0.717, 1.165) is 16.8 Å². The summed E-state index contributed by atoms with van der Waals surface area (Å²) in [6.07, 6.45) is 0. The molecule has 150 valence electrons. The molecule has 0 heterocycles. The molecule has 2 aromatic carbocycles. The number of amides is 2. The third-order valence-corrected chi connectivity index (χ3v) is 4.97. The smallest absolute Gasteiger partial charge is 0.241 e. The number of hydrogen-bond acceptors (Lipinski definition) is 4. The van der Waals surface area contributed by atoms with Gasteiger partial charge in [0, 0.05) is 10.7 Å². The molecule has 0 saturated heterocycles. The van der Waals surface area contributed by atoms with E-state index in [0.29, 0.717) is 16.5 Å². The zero-order valence-corrected chi connectivity index (χ0v) is 17.6. The summed E-state index contributed by atoms with van der Waals surface area (Å²) in [6, 6.07) is 10.2. The molecule has 2 N–H and O–H groups in total. The van der Waals surface area contributed by atoms with Crippen LogP contribution in [-0.2, 0) is 9.59 Å². The maximum absolute atomic E-state index is 12.6. The number of aryl methyl sites for hydroxylation is 1.